The highest BCUT2D eigenvalue weighted by molar-refractivity contribution is 6.74. The second kappa shape index (κ2) is 12.1. The third-order valence-electron chi connectivity index (χ3n) is 5.15. The molecular formula is C21H42O2Si. The average Bonchev–Trinajstić information content (AvgIpc) is 2.48. The summed E-state index contributed by atoms with van der Waals surface area (Å²) in [6, 6.07) is 0. The van der Waals surface area contributed by atoms with Gasteiger partial charge in [0.1, 0.15) is 6.10 Å². The monoisotopic (exact) mass is 354 g/mol. The van der Waals surface area contributed by atoms with Gasteiger partial charge in [0, 0.05) is 12.5 Å². The molecule has 0 bridgehead atoms. The van der Waals surface area contributed by atoms with E-state index in [9.17, 15) is 5.11 Å². The van der Waals surface area contributed by atoms with Gasteiger partial charge in [-0.25, -0.2) is 0 Å². The molecule has 0 saturated heterocycles. The number of aliphatic hydroxyl groups is 1. The van der Waals surface area contributed by atoms with Crippen molar-refractivity contribution in [2.24, 2.45) is 0 Å². The smallest absolute Gasteiger partial charge is 0.192 e. The molecule has 1 N–H and O–H groups in total. The first-order chi connectivity index (χ1) is 11.1. The zero-order valence-corrected chi connectivity index (χ0v) is 18.4. The van der Waals surface area contributed by atoms with Crippen LogP contribution < -0.4 is 0 Å². The van der Waals surface area contributed by atoms with Gasteiger partial charge >= 0.3 is 0 Å². The van der Waals surface area contributed by atoms with Crippen molar-refractivity contribution in [3.63, 3.8) is 0 Å². The van der Waals surface area contributed by atoms with Crippen LogP contribution in [0.5, 0.6) is 0 Å². The van der Waals surface area contributed by atoms with Crippen molar-refractivity contribution < 1.29 is 9.53 Å². The molecule has 0 spiro atoms. The summed E-state index contributed by atoms with van der Waals surface area (Å²) in [4.78, 5) is 0. The van der Waals surface area contributed by atoms with Crippen LogP contribution in [0.4, 0.5) is 0 Å². The second-order valence-corrected chi connectivity index (χ2v) is 13.2. The minimum atomic E-state index is -1.66. The van der Waals surface area contributed by atoms with Gasteiger partial charge in [0.25, 0.3) is 0 Å². The van der Waals surface area contributed by atoms with Crippen molar-refractivity contribution in [1.29, 1.82) is 0 Å². The minimum Gasteiger partial charge on any atom is -0.414 e. The zero-order valence-electron chi connectivity index (χ0n) is 17.4. The van der Waals surface area contributed by atoms with Gasteiger partial charge in [-0.1, -0.05) is 53.4 Å². The molecule has 0 fully saturated rings. The highest BCUT2D eigenvalue weighted by Gasteiger charge is 2.38. The van der Waals surface area contributed by atoms with Crippen molar-refractivity contribution in [3.05, 3.63) is 0 Å². The number of unbranched alkanes of at least 4 members (excludes halogenated alkanes) is 4. The number of rotatable bonds is 11. The van der Waals surface area contributed by atoms with E-state index in [1.165, 1.54) is 12.8 Å². The highest BCUT2D eigenvalue weighted by atomic mass is 28.4. The topological polar surface area (TPSA) is 29.5 Å². The lowest BCUT2D eigenvalue weighted by Crippen LogP contribution is -2.43. The molecule has 0 aliphatic carbocycles. The summed E-state index contributed by atoms with van der Waals surface area (Å²) in [6.45, 7) is 16.0. The van der Waals surface area contributed by atoms with Gasteiger partial charge in [-0.2, -0.15) is 0 Å². The van der Waals surface area contributed by atoms with Gasteiger partial charge < -0.3 is 9.53 Å². The Morgan fingerprint density at radius 1 is 1.00 bits per heavy atom. The van der Waals surface area contributed by atoms with Crippen molar-refractivity contribution in [1.82, 2.24) is 0 Å². The van der Waals surface area contributed by atoms with Crippen LogP contribution in [0.1, 0.15) is 92.4 Å². The van der Waals surface area contributed by atoms with Crippen molar-refractivity contribution in [3.8, 4) is 11.8 Å². The van der Waals surface area contributed by atoms with Crippen molar-refractivity contribution in [2.75, 3.05) is 0 Å². The zero-order chi connectivity index (χ0) is 18.6. The van der Waals surface area contributed by atoms with Crippen LogP contribution in [0.3, 0.4) is 0 Å². The van der Waals surface area contributed by atoms with Crippen LogP contribution in [0.25, 0.3) is 0 Å². The van der Waals surface area contributed by atoms with Crippen LogP contribution in [0.2, 0.25) is 18.1 Å². The summed E-state index contributed by atoms with van der Waals surface area (Å²) in [5.74, 6) is 6.13. The predicted octanol–water partition coefficient (Wildman–Crippen LogP) is 6.29. The Morgan fingerprint density at radius 3 is 2.17 bits per heavy atom. The minimum absolute atomic E-state index is 0.278. The molecule has 0 aromatic carbocycles. The Balaban J connectivity index is 4.01. The molecule has 2 atom stereocenters. The summed E-state index contributed by atoms with van der Waals surface area (Å²) in [5.41, 5.74) is 0. The van der Waals surface area contributed by atoms with E-state index in [2.05, 4.69) is 59.6 Å². The van der Waals surface area contributed by atoms with Crippen LogP contribution in [-0.4, -0.2) is 25.6 Å². The maximum Gasteiger partial charge on any atom is 0.192 e. The van der Waals surface area contributed by atoms with Gasteiger partial charge in [0.05, 0.1) is 0 Å². The first-order valence-electron chi connectivity index (χ1n) is 9.98. The lowest BCUT2D eigenvalue weighted by atomic mass is 10.1. The highest BCUT2D eigenvalue weighted by Crippen LogP contribution is 2.38. The van der Waals surface area contributed by atoms with Gasteiger partial charge in [-0.05, 0) is 56.7 Å². The summed E-state index contributed by atoms with van der Waals surface area (Å²) < 4.78 is 6.51. The fourth-order valence-corrected chi connectivity index (χ4v) is 3.85. The molecule has 0 aromatic heterocycles. The van der Waals surface area contributed by atoms with Crippen LogP contribution in [-0.2, 0) is 4.43 Å². The van der Waals surface area contributed by atoms with Crippen molar-refractivity contribution in [2.45, 2.75) is 123 Å². The molecule has 0 aromatic rings. The Labute approximate surface area is 152 Å². The molecule has 24 heavy (non-hydrogen) atoms. The van der Waals surface area contributed by atoms with E-state index in [1.54, 1.807) is 0 Å². The van der Waals surface area contributed by atoms with Gasteiger partial charge in [-0.15, -0.1) is 5.92 Å². The molecule has 142 valence electrons. The molecule has 2 nitrogen and oxygen atoms in total. The fourth-order valence-electron chi connectivity index (χ4n) is 2.38. The number of hydrogen-bond donors (Lipinski definition) is 1. The molecule has 3 heteroatoms. The summed E-state index contributed by atoms with van der Waals surface area (Å²) in [5, 5.41) is 10.1. The molecule has 0 aliphatic rings. The maximum absolute atomic E-state index is 9.77. The van der Waals surface area contributed by atoms with E-state index < -0.39 is 14.4 Å². The van der Waals surface area contributed by atoms with E-state index in [1.807, 2.05) is 0 Å². The molecule has 0 heterocycles. The SMILES string of the molecule is CCCCCC(O)C#CCCCCC(CC)O[Si](C)(C)C(C)(C)C. The molecule has 0 rings (SSSR count). The summed E-state index contributed by atoms with van der Waals surface area (Å²) in [7, 11) is -1.66. The number of hydrogen-bond acceptors (Lipinski definition) is 2. The van der Waals surface area contributed by atoms with E-state index >= 15 is 0 Å². The van der Waals surface area contributed by atoms with Crippen LogP contribution >= 0.6 is 0 Å². The Hall–Kier alpha value is -0.303. The fraction of sp³-hybridized carbons (Fsp3) is 0.905. The van der Waals surface area contributed by atoms with E-state index in [4.69, 9.17) is 4.43 Å². The first kappa shape index (κ1) is 23.7. The standard InChI is InChI=1S/C21H42O2Si/c1-8-10-13-16-19(22)17-14-11-12-15-18-20(9-2)23-24(6,7)21(3,4)5/h19-20,22H,8-13,15-16,18H2,1-7H3. The second-order valence-electron chi connectivity index (χ2n) is 8.49. The molecule has 0 amide bonds. The summed E-state index contributed by atoms with van der Waals surface area (Å²) >= 11 is 0. The Bertz CT molecular complexity index is 374. The van der Waals surface area contributed by atoms with Crippen LogP contribution in [0.15, 0.2) is 0 Å². The lowest BCUT2D eigenvalue weighted by Gasteiger charge is -2.39. The normalized spacial score (nSPS) is 14.8. The quantitative estimate of drug-likeness (QED) is 0.268. The van der Waals surface area contributed by atoms with E-state index in [0.717, 1.165) is 44.9 Å². The largest absolute Gasteiger partial charge is 0.414 e. The summed E-state index contributed by atoms with van der Waals surface area (Å²) in [6.07, 6.45) is 9.61. The predicted molar refractivity (Wildman–Crippen MR) is 109 cm³/mol. The van der Waals surface area contributed by atoms with Gasteiger partial charge in [0.15, 0.2) is 8.32 Å². The molecule has 0 radical (unpaired) electrons. The Kier molecular flexibility index (Phi) is 12.0. The molecule has 0 saturated carbocycles. The average molecular weight is 355 g/mol. The molecular weight excluding hydrogens is 312 g/mol. The molecule has 0 aliphatic heterocycles. The van der Waals surface area contributed by atoms with E-state index in [0.29, 0.717) is 6.10 Å². The van der Waals surface area contributed by atoms with Gasteiger partial charge in [-0.3, -0.25) is 0 Å². The van der Waals surface area contributed by atoms with Gasteiger partial charge in [0.2, 0.25) is 0 Å². The molecule has 2 unspecified atom stereocenters. The van der Waals surface area contributed by atoms with Crippen molar-refractivity contribution >= 4 is 8.32 Å². The third-order valence-corrected chi connectivity index (χ3v) is 9.69. The third kappa shape index (κ3) is 10.5. The maximum atomic E-state index is 9.77. The van der Waals surface area contributed by atoms with E-state index in [-0.39, 0.29) is 5.04 Å². The van der Waals surface area contributed by atoms with Crippen LogP contribution in [0, 0.1) is 11.8 Å². The Morgan fingerprint density at radius 2 is 1.62 bits per heavy atom. The lowest BCUT2D eigenvalue weighted by molar-refractivity contribution is 0.163. The number of aliphatic hydroxyl groups excluding tert-OH is 1. The first-order valence-corrected chi connectivity index (χ1v) is 12.9.